The van der Waals surface area contributed by atoms with Crippen molar-refractivity contribution in [3.8, 4) is 0 Å². The Morgan fingerprint density at radius 1 is 1.25 bits per heavy atom. The van der Waals surface area contributed by atoms with E-state index in [9.17, 15) is 4.39 Å². The Balaban J connectivity index is 4.32. The van der Waals surface area contributed by atoms with Crippen LogP contribution in [0.25, 0.3) is 0 Å². The number of hydrogen-bond acceptors (Lipinski definition) is 1. The van der Waals surface area contributed by atoms with E-state index in [0.29, 0.717) is 12.5 Å². The van der Waals surface area contributed by atoms with Gasteiger partial charge in [-0.05, 0) is 17.9 Å². The average Bonchev–Trinajstić information content (AvgIpc) is 1.86. The fourth-order valence-electron chi connectivity index (χ4n) is 1.37. The number of hydrogen-bond donors (Lipinski definition) is 1. The predicted octanol–water partition coefficient (Wildman–Crippen LogP) is 2.60. The van der Waals surface area contributed by atoms with Gasteiger partial charge in [0.15, 0.2) is 0 Å². The lowest BCUT2D eigenvalue weighted by molar-refractivity contribution is 0.0764. The molecular formula is C10H22FN. The predicted molar refractivity (Wildman–Crippen MR) is 51.7 cm³/mol. The van der Waals surface area contributed by atoms with Gasteiger partial charge < -0.3 is 5.73 Å². The van der Waals surface area contributed by atoms with Gasteiger partial charge in [0.25, 0.3) is 0 Å². The first-order valence-corrected chi connectivity index (χ1v) is 4.64. The summed E-state index contributed by atoms with van der Waals surface area (Å²) in [5, 5.41) is 0. The fraction of sp³-hybridized carbons (Fsp3) is 1.00. The number of nitrogens with two attached hydrogens (primary N) is 1. The van der Waals surface area contributed by atoms with E-state index in [1.165, 1.54) is 0 Å². The van der Waals surface area contributed by atoms with E-state index < -0.39 is 6.17 Å². The standard InChI is InChI=1S/C10H22FN/c1-7(2)8(6-12)9(11)10(3,4)5/h7-9H,6,12H2,1-5H3. The molecule has 0 aromatic heterocycles. The summed E-state index contributed by atoms with van der Waals surface area (Å²) in [5.74, 6) is 0.314. The quantitative estimate of drug-likeness (QED) is 0.701. The summed E-state index contributed by atoms with van der Waals surface area (Å²) >= 11 is 0. The molecule has 0 aliphatic carbocycles. The van der Waals surface area contributed by atoms with Crippen LogP contribution in [-0.2, 0) is 0 Å². The van der Waals surface area contributed by atoms with Crippen LogP contribution < -0.4 is 5.73 Å². The van der Waals surface area contributed by atoms with E-state index in [1.54, 1.807) is 0 Å². The van der Waals surface area contributed by atoms with Gasteiger partial charge in [0.2, 0.25) is 0 Å². The smallest absolute Gasteiger partial charge is 0.109 e. The molecule has 74 valence electrons. The minimum Gasteiger partial charge on any atom is -0.330 e. The van der Waals surface area contributed by atoms with Crippen LogP contribution >= 0.6 is 0 Å². The van der Waals surface area contributed by atoms with Gasteiger partial charge >= 0.3 is 0 Å². The number of rotatable bonds is 3. The second-order valence-corrected chi connectivity index (χ2v) is 4.91. The Morgan fingerprint density at radius 2 is 1.67 bits per heavy atom. The molecule has 0 fully saturated rings. The lowest BCUT2D eigenvalue weighted by Gasteiger charge is -2.32. The second-order valence-electron chi connectivity index (χ2n) is 4.91. The van der Waals surface area contributed by atoms with E-state index in [4.69, 9.17) is 5.73 Å². The monoisotopic (exact) mass is 175 g/mol. The van der Waals surface area contributed by atoms with Crippen LogP contribution in [0.1, 0.15) is 34.6 Å². The maximum Gasteiger partial charge on any atom is 0.109 e. The molecule has 2 atom stereocenters. The molecule has 0 aromatic rings. The van der Waals surface area contributed by atoms with Crippen LogP contribution in [0.2, 0.25) is 0 Å². The summed E-state index contributed by atoms with van der Waals surface area (Å²) in [6.07, 6.45) is -0.803. The molecule has 1 nitrogen and oxygen atoms in total. The molecule has 12 heavy (non-hydrogen) atoms. The molecule has 0 spiro atoms. The van der Waals surface area contributed by atoms with Crippen LogP contribution in [0.5, 0.6) is 0 Å². The van der Waals surface area contributed by atoms with Crippen LogP contribution in [0.15, 0.2) is 0 Å². The van der Waals surface area contributed by atoms with Crippen molar-refractivity contribution in [1.82, 2.24) is 0 Å². The molecule has 0 aromatic carbocycles. The Bertz CT molecular complexity index is 126. The van der Waals surface area contributed by atoms with Crippen molar-refractivity contribution >= 4 is 0 Å². The van der Waals surface area contributed by atoms with E-state index in [-0.39, 0.29) is 11.3 Å². The Labute approximate surface area is 75.5 Å². The maximum absolute atomic E-state index is 13.7. The molecule has 0 amide bonds. The summed E-state index contributed by atoms with van der Waals surface area (Å²) in [6.45, 7) is 10.2. The molecule has 0 heterocycles. The van der Waals surface area contributed by atoms with Crippen LogP contribution in [0, 0.1) is 17.3 Å². The molecule has 0 bridgehead atoms. The molecule has 2 N–H and O–H groups in total. The van der Waals surface area contributed by atoms with E-state index >= 15 is 0 Å². The maximum atomic E-state index is 13.7. The summed E-state index contributed by atoms with van der Waals surface area (Å²) in [7, 11) is 0. The van der Waals surface area contributed by atoms with Crippen molar-refractivity contribution in [2.45, 2.75) is 40.8 Å². The highest BCUT2D eigenvalue weighted by Gasteiger charge is 2.32. The minimum absolute atomic E-state index is 0.00926. The van der Waals surface area contributed by atoms with Crippen molar-refractivity contribution < 1.29 is 4.39 Å². The average molecular weight is 175 g/mol. The molecule has 2 heteroatoms. The SMILES string of the molecule is CC(C)C(CN)C(F)C(C)(C)C. The van der Waals surface area contributed by atoms with Gasteiger partial charge in [-0.3, -0.25) is 0 Å². The summed E-state index contributed by atoms with van der Waals surface area (Å²) in [4.78, 5) is 0. The van der Waals surface area contributed by atoms with Gasteiger partial charge in [-0.1, -0.05) is 34.6 Å². The third-order valence-corrected chi connectivity index (χ3v) is 2.33. The molecule has 0 saturated carbocycles. The van der Waals surface area contributed by atoms with Crippen LogP contribution in [0.3, 0.4) is 0 Å². The largest absolute Gasteiger partial charge is 0.330 e. The zero-order chi connectivity index (χ0) is 9.94. The lowest BCUT2D eigenvalue weighted by Crippen LogP contribution is -2.37. The van der Waals surface area contributed by atoms with Crippen LogP contribution in [0.4, 0.5) is 4.39 Å². The summed E-state index contributed by atoms with van der Waals surface area (Å²) in [5.41, 5.74) is 5.25. The first-order valence-electron chi connectivity index (χ1n) is 4.64. The third kappa shape index (κ3) is 3.10. The molecular weight excluding hydrogens is 153 g/mol. The van der Waals surface area contributed by atoms with Crippen molar-refractivity contribution in [1.29, 1.82) is 0 Å². The highest BCUT2D eigenvalue weighted by atomic mass is 19.1. The van der Waals surface area contributed by atoms with Crippen molar-refractivity contribution in [3.63, 3.8) is 0 Å². The van der Waals surface area contributed by atoms with Crippen molar-refractivity contribution in [2.24, 2.45) is 23.0 Å². The zero-order valence-electron chi connectivity index (χ0n) is 8.89. The van der Waals surface area contributed by atoms with E-state index in [1.807, 2.05) is 34.6 Å². The van der Waals surface area contributed by atoms with E-state index in [0.717, 1.165) is 0 Å². The molecule has 0 aliphatic rings. The molecule has 0 aliphatic heterocycles. The second kappa shape index (κ2) is 4.22. The Hall–Kier alpha value is -0.110. The first kappa shape index (κ1) is 11.9. The van der Waals surface area contributed by atoms with Gasteiger partial charge in [0, 0.05) is 5.92 Å². The number of halogens is 1. The highest BCUT2D eigenvalue weighted by molar-refractivity contribution is 4.82. The summed E-state index contributed by atoms with van der Waals surface area (Å²) in [6, 6.07) is 0. The minimum atomic E-state index is -0.803. The van der Waals surface area contributed by atoms with E-state index in [2.05, 4.69) is 0 Å². The van der Waals surface area contributed by atoms with Crippen LogP contribution in [-0.4, -0.2) is 12.7 Å². The molecule has 0 radical (unpaired) electrons. The fourth-order valence-corrected chi connectivity index (χ4v) is 1.37. The highest BCUT2D eigenvalue weighted by Crippen LogP contribution is 2.31. The summed E-state index contributed by atoms with van der Waals surface area (Å²) < 4.78 is 13.7. The third-order valence-electron chi connectivity index (χ3n) is 2.33. The van der Waals surface area contributed by atoms with Gasteiger partial charge in [-0.25, -0.2) is 4.39 Å². The van der Waals surface area contributed by atoms with Gasteiger partial charge in [0.05, 0.1) is 0 Å². The molecule has 0 saturated heterocycles. The zero-order valence-corrected chi connectivity index (χ0v) is 8.89. The van der Waals surface area contributed by atoms with Gasteiger partial charge in [-0.2, -0.15) is 0 Å². The Morgan fingerprint density at radius 3 is 1.75 bits per heavy atom. The first-order chi connectivity index (χ1) is 5.30. The molecule has 2 unspecified atom stereocenters. The molecule has 0 rings (SSSR count). The lowest BCUT2D eigenvalue weighted by atomic mass is 9.78. The number of alkyl halides is 1. The van der Waals surface area contributed by atoms with Crippen molar-refractivity contribution in [3.05, 3.63) is 0 Å². The van der Waals surface area contributed by atoms with Gasteiger partial charge in [-0.15, -0.1) is 0 Å². The van der Waals surface area contributed by atoms with Crippen molar-refractivity contribution in [2.75, 3.05) is 6.54 Å². The topological polar surface area (TPSA) is 26.0 Å². The van der Waals surface area contributed by atoms with Gasteiger partial charge in [0.1, 0.15) is 6.17 Å². The normalized spacial score (nSPS) is 18.0. The Kier molecular flexibility index (Phi) is 4.18.